The Morgan fingerprint density at radius 3 is 2.50 bits per heavy atom. The number of H-pyrrole nitrogens is 1. The molecule has 0 aliphatic carbocycles. The average Bonchev–Trinajstić information content (AvgIpc) is 3.13. The molecule has 3 aromatic rings. The minimum atomic E-state index is -3.52. The number of para-hydroxylation sites is 1. The molecule has 1 fully saturated rings. The summed E-state index contributed by atoms with van der Waals surface area (Å²) >= 11 is 0. The molecule has 0 atom stereocenters. The van der Waals surface area contributed by atoms with Crippen LogP contribution in [0.1, 0.15) is 5.56 Å². The first-order valence-corrected chi connectivity index (χ1v) is 10.5. The fourth-order valence-electron chi connectivity index (χ4n) is 3.56. The lowest BCUT2D eigenvalue weighted by Gasteiger charge is -2.27. The molecule has 2 N–H and O–H groups in total. The normalized spacial score (nSPS) is 16.2. The summed E-state index contributed by atoms with van der Waals surface area (Å²) in [6.07, 6.45) is 2.53. The van der Waals surface area contributed by atoms with Crippen LogP contribution < -0.4 is 5.32 Å². The molecular formula is C20H23N3O2S. The zero-order valence-electron chi connectivity index (χ0n) is 14.6. The molecule has 0 spiro atoms. The molecule has 1 aliphatic rings. The predicted molar refractivity (Wildman–Crippen MR) is 103 cm³/mol. The van der Waals surface area contributed by atoms with E-state index in [0.29, 0.717) is 9.79 Å². The molecule has 0 unspecified atom stereocenters. The Kier molecular flexibility index (Phi) is 4.80. The predicted octanol–water partition coefficient (Wildman–Crippen LogP) is 2.45. The van der Waals surface area contributed by atoms with Crippen LogP contribution in [0.3, 0.4) is 0 Å². The molecule has 1 aliphatic heterocycles. The number of piperazine rings is 1. The summed E-state index contributed by atoms with van der Waals surface area (Å²) in [6.45, 7) is 5.18. The number of benzene rings is 2. The maximum Gasteiger partial charge on any atom is 0.208 e. The summed E-state index contributed by atoms with van der Waals surface area (Å²) in [5.41, 5.74) is 2.09. The van der Waals surface area contributed by atoms with Crippen LogP contribution in [0.5, 0.6) is 0 Å². The van der Waals surface area contributed by atoms with Crippen LogP contribution in [-0.4, -0.2) is 51.0 Å². The van der Waals surface area contributed by atoms with E-state index in [1.54, 1.807) is 30.5 Å². The number of hydrogen-bond acceptors (Lipinski definition) is 4. The summed E-state index contributed by atoms with van der Waals surface area (Å²) in [5.74, 6) is 0. The monoisotopic (exact) mass is 369 g/mol. The van der Waals surface area contributed by atoms with E-state index in [4.69, 9.17) is 0 Å². The van der Waals surface area contributed by atoms with Crippen LogP contribution in [0.2, 0.25) is 0 Å². The van der Waals surface area contributed by atoms with E-state index in [-0.39, 0.29) is 0 Å². The molecule has 136 valence electrons. The second-order valence-electron chi connectivity index (χ2n) is 6.65. The van der Waals surface area contributed by atoms with Crippen molar-refractivity contribution in [3.63, 3.8) is 0 Å². The number of rotatable bonds is 5. The fraction of sp³-hybridized carbons (Fsp3) is 0.300. The molecule has 0 radical (unpaired) electrons. The molecular weight excluding hydrogens is 346 g/mol. The van der Waals surface area contributed by atoms with Gasteiger partial charge in [-0.2, -0.15) is 0 Å². The van der Waals surface area contributed by atoms with Crippen molar-refractivity contribution in [2.24, 2.45) is 0 Å². The lowest BCUT2D eigenvalue weighted by molar-refractivity contribution is 0.244. The van der Waals surface area contributed by atoms with Gasteiger partial charge in [-0.05, 0) is 24.1 Å². The Morgan fingerprint density at radius 1 is 0.962 bits per heavy atom. The highest BCUT2D eigenvalue weighted by atomic mass is 32.2. The number of nitrogens with one attached hydrogen (secondary N) is 2. The van der Waals surface area contributed by atoms with Crippen LogP contribution >= 0.6 is 0 Å². The van der Waals surface area contributed by atoms with Crippen molar-refractivity contribution in [2.75, 3.05) is 32.7 Å². The third-order valence-corrected chi connectivity index (χ3v) is 6.82. The Hall–Kier alpha value is -2.15. The molecule has 6 heteroatoms. The molecule has 26 heavy (non-hydrogen) atoms. The maximum atomic E-state index is 13.0. The van der Waals surface area contributed by atoms with Gasteiger partial charge in [0.15, 0.2) is 0 Å². The van der Waals surface area contributed by atoms with E-state index in [0.717, 1.165) is 55.6 Å². The molecule has 5 nitrogen and oxygen atoms in total. The maximum absolute atomic E-state index is 13.0. The standard InChI is InChI=1S/C20H23N3O2S/c24-26(25,17-6-2-1-3-7-17)19-15-22-20-16(5-4-8-18(19)20)9-12-23-13-10-21-11-14-23/h1-8,15,21-22H,9-14H2. The van der Waals surface area contributed by atoms with Crippen molar-refractivity contribution in [1.29, 1.82) is 0 Å². The Labute approximate surface area is 153 Å². The lowest BCUT2D eigenvalue weighted by atomic mass is 10.1. The number of sulfone groups is 1. The summed E-state index contributed by atoms with van der Waals surface area (Å²) in [5, 5.41) is 4.13. The van der Waals surface area contributed by atoms with Crippen LogP contribution in [0.15, 0.2) is 64.5 Å². The highest BCUT2D eigenvalue weighted by Gasteiger charge is 2.22. The van der Waals surface area contributed by atoms with Crippen molar-refractivity contribution >= 4 is 20.7 Å². The van der Waals surface area contributed by atoms with Crippen molar-refractivity contribution in [3.05, 3.63) is 60.3 Å². The molecule has 0 saturated carbocycles. The first-order valence-electron chi connectivity index (χ1n) is 8.98. The number of fused-ring (bicyclic) bond motifs is 1. The van der Waals surface area contributed by atoms with Gasteiger partial charge in [-0.3, -0.25) is 0 Å². The van der Waals surface area contributed by atoms with Gasteiger partial charge in [-0.15, -0.1) is 0 Å². The third kappa shape index (κ3) is 3.28. The van der Waals surface area contributed by atoms with E-state index < -0.39 is 9.84 Å². The number of aromatic amines is 1. The zero-order chi connectivity index (χ0) is 18.0. The zero-order valence-corrected chi connectivity index (χ0v) is 15.4. The lowest BCUT2D eigenvalue weighted by Crippen LogP contribution is -2.44. The molecule has 0 bridgehead atoms. The van der Waals surface area contributed by atoms with Crippen molar-refractivity contribution in [3.8, 4) is 0 Å². The minimum absolute atomic E-state index is 0.326. The topological polar surface area (TPSA) is 65.2 Å². The van der Waals surface area contributed by atoms with Gasteiger partial charge in [-0.25, -0.2) is 8.42 Å². The first kappa shape index (κ1) is 17.3. The van der Waals surface area contributed by atoms with Gasteiger partial charge in [0.2, 0.25) is 9.84 Å². The van der Waals surface area contributed by atoms with E-state index >= 15 is 0 Å². The number of aromatic nitrogens is 1. The highest BCUT2D eigenvalue weighted by molar-refractivity contribution is 7.91. The summed E-state index contributed by atoms with van der Waals surface area (Å²) in [7, 11) is -3.52. The van der Waals surface area contributed by atoms with Crippen LogP contribution in [0.25, 0.3) is 10.9 Å². The van der Waals surface area contributed by atoms with Gasteiger partial charge in [0.25, 0.3) is 0 Å². The van der Waals surface area contributed by atoms with Gasteiger partial charge >= 0.3 is 0 Å². The minimum Gasteiger partial charge on any atom is -0.360 e. The summed E-state index contributed by atoms with van der Waals surface area (Å²) in [6, 6.07) is 14.5. The van der Waals surface area contributed by atoms with Crippen molar-refractivity contribution in [2.45, 2.75) is 16.2 Å². The highest BCUT2D eigenvalue weighted by Crippen LogP contribution is 2.30. The average molecular weight is 369 g/mol. The largest absolute Gasteiger partial charge is 0.360 e. The molecule has 2 aromatic carbocycles. The van der Waals surface area contributed by atoms with E-state index in [1.807, 2.05) is 18.2 Å². The second-order valence-corrected chi connectivity index (χ2v) is 8.57. The van der Waals surface area contributed by atoms with Gasteiger partial charge in [-0.1, -0.05) is 36.4 Å². The van der Waals surface area contributed by atoms with Gasteiger partial charge < -0.3 is 15.2 Å². The van der Waals surface area contributed by atoms with Crippen molar-refractivity contribution in [1.82, 2.24) is 15.2 Å². The molecule has 2 heterocycles. The second kappa shape index (κ2) is 7.23. The molecule has 1 saturated heterocycles. The number of nitrogens with zero attached hydrogens (tertiary/aromatic N) is 1. The van der Waals surface area contributed by atoms with E-state index in [9.17, 15) is 8.42 Å². The Balaban J connectivity index is 1.65. The quantitative estimate of drug-likeness (QED) is 0.725. The number of hydrogen-bond donors (Lipinski definition) is 2. The SMILES string of the molecule is O=S(=O)(c1ccccc1)c1c[nH]c2c(CCN3CCNCC3)cccc12. The summed E-state index contributed by atoms with van der Waals surface area (Å²) < 4.78 is 26.0. The first-order chi connectivity index (χ1) is 12.7. The van der Waals surface area contributed by atoms with E-state index in [1.165, 1.54) is 0 Å². The van der Waals surface area contributed by atoms with Crippen LogP contribution in [0.4, 0.5) is 0 Å². The molecule has 0 amide bonds. The van der Waals surface area contributed by atoms with Crippen molar-refractivity contribution < 1.29 is 8.42 Å². The van der Waals surface area contributed by atoms with Gasteiger partial charge in [0.05, 0.1) is 15.3 Å². The summed E-state index contributed by atoms with van der Waals surface area (Å²) in [4.78, 5) is 6.33. The van der Waals surface area contributed by atoms with E-state index in [2.05, 4.69) is 21.3 Å². The fourth-order valence-corrected chi connectivity index (χ4v) is 5.01. The molecule has 4 rings (SSSR count). The Morgan fingerprint density at radius 2 is 1.73 bits per heavy atom. The van der Waals surface area contributed by atoms with Crippen LogP contribution in [0, 0.1) is 0 Å². The van der Waals surface area contributed by atoms with Gasteiger partial charge in [0, 0.05) is 44.3 Å². The Bertz CT molecular complexity index is 990. The van der Waals surface area contributed by atoms with Gasteiger partial charge in [0.1, 0.15) is 0 Å². The smallest absolute Gasteiger partial charge is 0.208 e. The third-order valence-electron chi connectivity index (χ3n) is 5.01. The van der Waals surface area contributed by atoms with Crippen LogP contribution in [-0.2, 0) is 16.3 Å². The molecule has 1 aromatic heterocycles.